The zero-order chi connectivity index (χ0) is 15.3. The maximum atomic E-state index is 13.4. The van der Waals surface area contributed by atoms with Crippen molar-refractivity contribution in [2.24, 2.45) is 0 Å². The Morgan fingerprint density at radius 2 is 2.05 bits per heavy atom. The Bertz CT molecular complexity index is 504. The van der Waals surface area contributed by atoms with Gasteiger partial charge in [-0.2, -0.15) is 11.8 Å². The van der Waals surface area contributed by atoms with E-state index in [-0.39, 0.29) is 30.9 Å². The largest absolute Gasteiger partial charge is 0.388 e. The second-order valence-corrected chi connectivity index (χ2v) is 6.57. The summed E-state index contributed by atoms with van der Waals surface area (Å²) in [6, 6.07) is 3.22. The van der Waals surface area contributed by atoms with Crippen molar-refractivity contribution >= 4 is 17.7 Å². The second-order valence-electron chi connectivity index (χ2n) is 5.35. The second kappa shape index (κ2) is 7.22. The van der Waals surface area contributed by atoms with Crippen molar-refractivity contribution in [3.05, 3.63) is 35.4 Å². The van der Waals surface area contributed by atoms with E-state index in [0.717, 1.165) is 29.7 Å². The average molecular weight is 315 g/mol. The number of amides is 1. The van der Waals surface area contributed by atoms with Crippen molar-refractivity contribution in [3.8, 4) is 0 Å². The SMILES string of the molecule is O=C(CCc1cc(F)ccc1F)NCC1(O)CCSCC1. The zero-order valence-corrected chi connectivity index (χ0v) is 12.5. The summed E-state index contributed by atoms with van der Waals surface area (Å²) in [7, 11) is 0. The first kappa shape index (κ1) is 16.2. The van der Waals surface area contributed by atoms with Gasteiger partial charge < -0.3 is 10.4 Å². The molecule has 0 unspecified atom stereocenters. The van der Waals surface area contributed by atoms with Crippen LogP contribution in [0.5, 0.6) is 0 Å². The fourth-order valence-electron chi connectivity index (χ4n) is 2.26. The molecule has 0 aromatic heterocycles. The van der Waals surface area contributed by atoms with E-state index in [4.69, 9.17) is 0 Å². The average Bonchev–Trinajstić information content (AvgIpc) is 2.47. The van der Waals surface area contributed by atoms with E-state index in [0.29, 0.717) is 12.8 Å². The predicted molar refractivity (Wildman–Crippen MR) is 79.2 cm³/mol. The van der Waals surface area contributed by atoms with Crippen molar-refractivity contribution in [3.63, 3.8) is 0 Å². The van der Waals surface area contributed by atoms with Crippen LogP contribution in [0.15, 0.2) is 18.2 Å². The highest BCUT2D eigenvalue weighted by molar-refractivity contribution is 7.99. The van der Waals surface area contributed by atoms with Gasteiger partial charge in [-0.15, -0.1) is 0 Å². The normalized spacial score (nSPS) is 17.5. The lowest BCUT2D eigenvalue weighted by Gasteiger charge is -2.31. The van der Waals surface area contributed by atoms with Crippen LogP contribution in [-0.4, -0.2) is 34.7 Å². The Morgan fingerprint density at radius 3 is 2.76 bits per heavy atom. The van der Waals surface area contributed by atoms with Crippen molar-refractivity contribution < 1.29 is 18.7 Å². The number of carbonyl (C=O) groups is 1. The summed E-state index contributed by atoms with van der Waals surface area (Å²) in [6.45, 7) is 0.220. The van der Waals surface area contributed by atoms with Gasteiger partial charge in [0.05, 0.1) is 5.60 Å². The minimum absolute atomic E-state index is 0.0746. The van der Waals surface area contributed by atoms with E-state index in [2.05, 4.69) is 5.32 Å². The summed E-state index contributed by atoms with van der Waals surface area (Å²) in [5, 5.41) is 12.9. The van der Waals surface area contributed by atoms with Gasteiger partial charge in [-0.05, 0) is 54.5 Å². The molecule has 2 rings (SSSR count). The van der Waals surface area contributed by atoms with Crippen LogP contribution < -0.4 is 5.32 Å². The van der Waals surface area contributed by atoms with Crippen LogP contribution in [0.1, 0.15) is 24.8 Å². The number of carbonyl (C=O) groups excluding carboxylic acids is 1. The Labute approximate surface area is 127 Å². The molecule has 6 heteroatoms. The number of aryl methyl sites for hydroxylation is 1. The lowest BCUT2D eigenvalue weighted by Crippen LogP contribution is -2.45. The van der Waals surface area contributed by atoms with Gasteiger partial charge in [0.2, 0.25) is 5.91 Å². The third-order valence-corrected chi connectivity index (χ3v) is 4.65. The number of hydrogen-bond donors (Lipinski definition) is 2. The molecule has 0 atom stereocenters. The maximum absolute atomic E-state index is 13.4. The lowest BCUT2D eigenvalue weighted by atomic mass is 9.97. The summed E-state index contributed by atoms with van der Waals surface area (Å²) >= 11 is 1.79. The molecule has 116 valence electrons. The van der Waals surface area contributed by atoms with Gasteiger partial charge in [0.15, 0.2) is 0 Å². The summed E-state index contributed by atoms with van der Waals surface area (Å²) in [6.07, 6.45) is 1.54. The molecule has 1 aromatic carbocycles. The van der Waals surface area contributed by atoms with Crippen molar-refractivity contribution in [2.45, 2.75) is 31.3 Å². The number of hydrogen-bond acceptors (Lipinski definition) is 3. The molecule has 3 nitrogen and oxygen atoms in total. The highest BCUT2D eigenvalue weighted by Crippen LogP contribution is 2.26. The van der Waals surface area contributed by atoms with Gasteiger partial charge >= 0.3 is 0 Å². The van der Waals surface area contributed by atoms with Crippen LogP contribution in [0, 0.1) is 11.6 Å². The summed E-state index contributed by atoms with van der Waals surface area (Å²) < 4.78 is 26.4. The molecule has 1 aliphatic heterocycles. The maximum Gasteiger partial charge on any atom is 0.220 e. The number of benzene rings is 1. The molecule has 0 spiro atoms. The molecule has 1 aliphatic rings. The molecular formula is C15H19F2NO2S. The van der Waals surface area contributed by atoms with E-state index < -0.39 is 17.2 Å². The highest BCUT2D eigenvalue weighted by Gasteiger charge is 2.29. The van der Waals surface area contributed by atoms with E-state index in [1.807, 2.05) is 0 Å². The number of halogens is 2. The lowest BCUT2D eigenvalue weighted by molar-refractivity contribution is -0.122. The van der Waals surface area contributed by atoms with Crippen molar-refractivity contribution in [1.82, 2.24) is 5.32 Å². The molecule has 0 saturated carbocycles. The van der Waals surface area contributed by atoms with Crippen LogP contribution in [0.4, 0.5) is 8.78 Å². The number of rotatable bonds is 5. The van der Waals surface area contributed by atoms with Crippen LogP contribution in [0.3, 0.4) is 0 Å². The third kappa shape index (κ3) is 4.97. The van der Waals surface area contributed by atoms with Gasteiger partial charge in [-0.1, -0.05) is 0 Å². The fourth-order valence-corrected chi connectivity index (χ4v) is 3.52. The minimum Gasteiger partial charge on any atom is -0.388 e. The fraction of sp³-hybridized carbons (Fsp3) is 0.533. The van der Waals surface area contributed by atoms with Gasteiger partial charge in [0.25, 0.3) is 0 Å². The monoisotopic (exact) mass is 315 g/mol. The van der Waals surface area contributed by atoms with Gasteiger partial charge in [0, 0.05) is 13.0 Å². The smallest absolute Gasteiger partial charge is 0.220 e. The quantitative estimate of drug-likeness (QED) is 0.876. The molecule has 1 amide bonds. The third-order valence-electron chi connectivity index (χ3n) is 3.67. The minimum atomic E-state index is -0.828. The standard InChI is InChI=1S/C15H19F2NO2S/c16-12-2-3-13(17)11(9-12)1-4-14(19)18-10-15(20)5-7-21-8-6-15/h2-3,9,20H,1,4-8,10H2,(H,18,19). The van der Waals surface area contributed by atoms with E-state index >= 15 is 0 Å². The first-order valence-electron chi connectivity index (χ1n) is 6.99. The molecule has 1 fully saturated rings. The van der Waals surface area contributed by atoms with E-state index in [9.17, 15) is 18.7 Å². The zero-order valence-electron chi connectivity index (χ0n) is 11.7. The van der Waals surface area contributed by atoms with Crippen molar-refractivity contribution in [1.29, 1.82) is 0 Å². The summed E-state index contributed by atoms with van der Waals surface area (Å²) in [4.78, 5) is 11.8. The molecular weight excluding hydrogens is 296 g/mol. The summed E-state index contributed by atoms with van der Waals surface area (Å²) in [5.41, 5.74) is -0.636. The first-order valence-corrected chi connectivity index (χ1v) is 8.15. The molecule has 0 radical (unpaired) electrons. The van der Waals surface area contributed by atoms with Crippen molar-refractivity contribution in [2.75, 3.05) is 18.1 Å². The molecule has 2 N–H and O–H groups in total. The van der Waals surface area contributed by atoms with Gasteiger partial charge in [-0.25, -0.2) is 8.78 Å². The topological polar surface area (TPSA) is 49.3 Å². The molecule has 0 bridgehead atoms. The van der Waals surface area contributed by atoms with Crippen LogP contribution in [0.2, 0.25) is 0 Å². The number of thioether (sulfide) groups is 1. The van der Waals surface area contributed by atoms with Crippen LogP contribution in [-0.2, 0) is 11.2 Å². The Kier molecular flexibility index (Phi) is 5.58. The van der Waals surface area contributed by atoms with Crippen LogP contribution in [0.25, 0.3) is 0 Å². The molecule has 21 heavy (non-hydrogen) atoms. The molecule has 1 aromatic rings. The Hall–Kier alpha value is -1.14. The Balaban J connectivity index is 1.78. The van der Waals surface area contributed by atoms with E-state index in [1.165, 1.54) is 0 Å². The molecule has 0 aliphatic carbocycles. The highest BCUT2D eigenvalue weighted by atomic mass is 32.2. The predicted octanol–water partition coefficient (Wildman–Crippen LogP) is 2.27. The molecule has 1 saturated heterocycles. The number of aliphatic hydroxyl groups is 1. The number of nitrogens with one attached hydrogen (secondary N) is 1. The molecule has 1 heterocycles. The van der Waals surface area contributed by atoms with Crippen LogP contribution >= 0.6 is 11.8 Å². The summed E-state index contributed by atoms with van der Waals surface area (Å²) in [5.74, 6) is 0.500. The Morgan fingerprint density at radius 1 is 1.33 bits per heavy atom. The van der Waals surface area contributed by atoms with E-state index in [1.54, 1.807) is 11.8 Å². The van der Waals surface area contributed by atoms with Gasteiger partial charge in [-0.3, -0.25) is 4.79 Å². The van der Waals surface area contributed by atoms with Gasteiger partial charge in [0.1, 0.15) is 11.6 Å². The first-order chi connectivity index (χ1) is 9.98.